The molecule has 5 rings (SSSR count). The van der Waals surface area contributed by atoms with Crippen LogP contribution < -0.4 is 16.0 Å². The summed E-state index contributed by atoms with van der Waals surface area (Å²) in [4.78, 5) is 20.8. The first kappa shape index (κ1) is 20.4. The number of anilines is 1. The Hall–Kier alpha value is -4.48. The van der Waals surface area contributed by atoms with Crippen LogP contribution in [0.5, 0.6) is 0 Å². The van der Waals surface area contributed by atoms with Crippen LogP contribution >= 0.6 is 0 Å². The number of para-hydroxylation sites is 1. The lowest BCUT2D eigenvalue weighted by atomic mass is 10.1. The molecule has 8 nitrogen and oxygen atoms in total. The van der Waals surface area contributed by atoms with Crippen LogP contribution in [0.15, 0.2) is 66.8 Å². The van der Waals surface area contributed by atoms with Gasteiger partial charge in [0.15, 0.2) is 11.5 Å². The second kappa shape index (κ2) is 7.58. The fourth-order valence-electron chi connectivity index (χ4n) is 3.32. The molecule has 0 unspecified atom stereocenters. The minimum absolute atomic E-state index is 0.0172. The molecule has 0 aliphatic carbocycles. The van der Waals surface area contributed by atoms with Crippen LogP contribution in [0, 0.1) is 5.82 Å². The number of fused-ring (bicyclic) bond motifs is 3. The van der Waals surface area contributed by atoms with Gasteiger partial charge in [0, 0.05) is 29.5 Å². The number of nitrogens with zero attached hydrogens (tertiary/aromatic N) is 4. The number of aromatic nitrogens is 4. The quantitative estimate of drug-likeness (QED) is 0.409. The van der Waals surface area contributed by atoms with Crippen molar-refractivity contribution in [3.05, 3.63) is 78.1 Å². The Bertz CT molecular complexity index is 1460. The van der Waals surface area contributed by atoms with Crippen LogP contribution in [0.2, 0.25) is 0 Å². The number of hydrogen-bond acceptors (Lipinski definition) is 6. The molecule has 0 saturated heterocycles. The monoisotopic (exact) mass is 455 g/mol. The average Bonchev–Trinajstić information content (AvgIpc) is 3.13. The molecule has 33 heavy (non-hydrogen) atoms. The third kappa shape index (κ3) is 3.71. The number of alkyl halides is 3. The lowest BCUT2D eigenvalue weighted by molar-refractivity contribution is -0.136. The van der Waals surface area contributed by atoms with Crippen molar-refractivity contribution in [2.24, 2.45) is 0 Å². The Morgan fingerprint density at radius 1 is 1.00 bits per heavy atom. The van der Waals surface area contributed by atoms with Crippen LogP contribution in [0.1, 0.15) is 5.56 Å². The smallest absolute Gasteiger partial charge is 0.364 e. The normalized spacial score (nSPS) is 14.1. The number of benzene rings is 2. The Balaban J connectivity index is 1.76. The minimum Gasteiger partial charge on any atom is -0.364 e. The van der Waals surface area contributed by atoms with Crippen molar-refractivity contribution in [3.63, 3.8) is 0 Å². The molecule has 0 radical (unpaired) electrons. The molecule has 1 amide bonds. The predicted octanol–water partition coefficient (Wildman–Crippen LogP) is 3.55. The first-order valence-electron chi connectivity index (χ1n) is 9.53. The van der Waals surface area contributed by atoms with Gasteiger partial charge in [0.25, 0.3) is 5.91 Å². The van der Waals surface area contributed by atoms with Gasteiger partial charge in [-0.05, 0) is 36.4 Å². The van der Waals surface area contributed by atoms with Gasteiger partial charge in [0.05, 0.1) is 11.1 Å². The maximum absolute atomic E-state index is 13.7. The summed E-state index contributed by atoms with van der Waals surface area (Å²) in [6.45, 7) is 0. The highest BCUT2D eigenvalue weighted by Crippen LogP contribution is 2.36. The molecule has 0 bridgehead atoms. The lowest BCUT2D eigenvalue weighted by Gasteiger charge is -2.13. The second-order valence-corrected chi connectivity index (χ2v) is 6.97. The fourth-order valence-corrected chi connectivity index (χ4v) is 3.32. The van der Waals surface area contributed by atoms with Gasteiger partial charge in [0.1, 0.15) is 11.5 Å². The maximum atomic E-state index is 13.7. The summed E-state index contributed by atoms with van der Waals surface area (Å²) >= 11 is 0. The zero-order chi connectivity index (χ0) is 23.2. The van der Waals surface area contributed by atoms with E-state index in [-0.39, 0.29) is 34.0 Å². The topological polar surface area (TPSA) is 96.2 Å². The highest BCUT2D eigenvalue weighted by atomic mass is 19.4. The van der Waals surface area contributed by atoms with Crippen molar-refractivity contribution in [1.29, 1.82) is 0 Å². The molecule has 166 valence electrons. The third-order valence-corrected chi connectivity index (χ3v) is 4.82. The van der Waals surface area contributed by atoms with Crippen LogP contribution in [-0.4, -0.2) is 25.5 Å². The van der Waals surface area contributed by atoms with E-state index >= 15 is 0 Å². The highest BCUT2D eigenvalue weighted by molar-refractivity contribution is 5.98. The van der Waals surface area contributed by atoms with Gasteiger partial charge in [-0.25, -0.2) is 14.4 Å². The minimum atomic E-state index is -4.67. The zero-order valence-corrected chi connectivity index (χ0v) is 16.5. The molecule has 1 aliphatic heterocycles. The Kier molecular flexibility index (Phi) is 4.69. The van der Waals surface area contributed by atoms with E-state index in [0.717, 1.165) is 6.07 Å². The Morgan fingerprint density at radius 2 is 1.79 bits per heavy atom. The fraction of sp³-hybridized carbons (Fsp3) is 0.0476. The molecule has 4 aromatic rings. The van der Waals surface area contributed by atoms with Crippen molar-refractivity contribution < 1.29 is 22.4 Å². The molecule has 1 aliphatic rings. The van der Waals surface area contributed by atoms with Crippen LogP contribution in [0.4, 0.5) is 23.5 Å². The second-order valence-electron chi connectivity index (χ2n) is 6.97. The molecule has 2 aromatic carbocycles. The number of nitrogens with one attached hydrogen (secondary N) is 3. The maximum Gasteiger partial charge on any atom is 0.418 e. The van der Waals surface area contributed by atoms with Crippen molar-refractivity contribution in [3.8, 4) is 11.4 Å². The van der Waals surface area contributed by atoms with Gasteiger partial charge in [0.2, 0.25) is 5.95 Å². The van der Waals surface area contributed by atoms with Gasteiger partial charge in [-0.3, -0.25) is 4.79 Å². The summed E-state index contributed by atoms with van der Waals surface area (Å²) in [5.41, 5.74) is -0.816. The van der Waals surface area contributed by atoms with Gasteiger partial charge in [-0.1, -0.05) is 6.07 Å². The molecular weight excluding hydrogens is 442 g/mol. The third-order valence-electron chi connectivity index (χ3n) is 4.82. The zero-order valence-electron chi connectivity index (χ0n) is 16.5. The SMILES string of the molecule is O=C1NC=CNC=C1Nc1nc2c(C(F)(F)F)cccc2c2nc(-c3ccc(F)cc3)nn12. The van der Waals surface area contributed by atoms with Crippen LogP contribution in [0.25, 0.3) is 27.9 Å². The Labute approximate surface area is 182 Å². The summed E-state index contributed by atoms with van der Waals surface area (Å²) in [7, 11) is 0. The summed E-state index contributed by atoms with van der Waals surface area (Å²) in [6, 6.07) is 8.95. The van der Waals surface area contributed by atoms with Gasteiger partial charge in [-0.2, -0.15) is 17.7 Å². The van der Waals surface area contributed by atoms with E-state index < -0.39 is 23.5 Å². The summed E-state index contributed by atoms with van der Waals surface area (Å²) in [5, 5.41) is 12.4. The lowest BCUT2D eigenvalue weighted by Crippen LogP contribution is -2.24. The molecule has 3 heterocycles. The van der Waals surface area contributed by atoms with Gasteiger partial charge in [-0.15, -0.1) is 5.10 Å². The van der Waals surface area contributed by atoms with E-state index in [0.29, 0.717) is 5.56 Å². The number of amides is 1. The number of carbonyl (C=O) groups excluding carboxylic acids is 1. The van der Waals surface area contributed by atoms with E-state index in [2.05, 4.69) is 31.0 Å². The van der Waals surface area contributed by atoms with Crippen molar-refractivity contribution in [2.75, 3.05) is 5.32 Å². The van der Waals surface area contributed by atoms with E-state index in [4.69, 9.17) is 0 Å². The standard InChI is InChI=1S/C21H13F4N7O/c22-12-6-4-11(5-7-12)17-30-18-13-2-1-3-14(21(23,24)25)16(13)29-20(32(18)31-17)28-15-10-26-8-9-27-19(15)33/h1-10,26H,(H,27,33)(H,28,29). The molecule has 0 fully saturated rings. The molecule has 0 saturated carbocycles. The van der Waals surface area contributed by atoms with Crippen LogP contribution in [0.3, 0.4) is 0 Å². The Morgan fingerprint density at radius 3 is 2.55 bits per heavy atom. The molecule has 2 aromatic heterocycles. The predicted molar refractivity (Wildman–Crippen MR) is 111 cm³/mol. The highest BCUT2D eigenvalue weighted by Gasteiger charge is 2.34. The van der Waals surface area contributed by atoms with E-state index in [1.807, 2.05) is 0 Å². The van der Waals surface area contributed by atoms with E-state index in [9.17, 15) is 22.4 Å². The largest absolute Gasteiger partial charge is 0.418 e. The van der Waals surface area contributed by atoms with Crippen molar-refractivity contribution in [2.45, 2.75) is 6.18 Å². The van der Waals surface area contributed by atoms with Gasteiger partial charge < -0.3 is 16.0 Å². The number of rotatable bonds is 3. The number of carbonyl (C=O) groups is 1. The molecule has 0 spiro atoms. The molecule has 12 heteroatoms. The molecule has 0 atom stereocenters. The van der Waals surface area contributed by atoms with Gasteiger partial charge >= 0.3 is 6.18 Å². The molecular formula is C21H13F4N7O. The van der Waals surface area contributed by atoms with E-state index in [1.54, 1.807) is 0 Å². The van der Waals surface area contributed by atoms with Crippen molar-refractivity contribution in [1.82, 2.24) is 30.2 Å². The summed E-state index contributed by atoms with van der Waals surface area (Å²) in [5.74, 6) is -1.03. The molecule has 3 N–H and O–H groups in total. The first-order chi connectivity index (χ1) is 15.8. The van der Waals surface area contributed by atoms with E-state index in [1.165, 1.54) is 59.5 Å². The number of hydrogen-bond donors (Lipinski definition) is 3. The summed E-state index contributed by atoms with van der Waals surface area (Å²) < 4.78 is 55.6. The summed E-state index contributed by atoms with van der Waals surface area (Å²) in [6.07, 6.45) is -0.531. The van der Waals surface area contributed by atoms with Crippen molar-refractivity contribution >= 4 is 28.4 Å². The average molecular weight is 455 g/mol. The first-order valence-corrected chi connectivity index (χ1v) is 9.53. The number of halogens is 4. The van der Waals surface area contributed by atoms with Crippen LogP contribution in [-0.2, 0) is 11.0 Å².